The summed E-state index contributed by atoms with van der Waals surface area (Å²) in [5.41, 5.74) is 1.88. The summed E-state index contributed by atoms with van der Waals surface area (Å²) in [5.74, 6) is 1.76. The second-order valence-corrected chi connectivity index (χ2v) is 4.64. The van der Waals surface area contributed by atoms with Crippen LogP contribution in [0, 0.1) is 0 Å². The maximum atomic E-state index is 11.4. The van der Waals surface area contributed by atoms with E-state index >= 15 is 0 Å². The van der Waals surface area contributed by atoms with Gasteiger partial charge < -0.3 is 10.1 Å². The van der Waals surface area contributed by atoms with E-state index in [-0.39, 0.29) is 5.78 Å². The standard InChI is InChI=1S/C17H15NO2/c19-14-10-11-18-17(12-14)13-6-8-16(9-7-13)20-15-4-2-1-3-5-15/h1-9,12,18H,10-11H2. The molecule has 0 saturated heterocycles. The molecule has 3 heteroatoms. The van der Waals surface area contributed by atoms with Gasteiger partial charge in [0.1, 0.15) is 11.5 Å². The van der Waals surface area contributed by atoms with E-state index in [0.717, 1.165) is 22.8 Å². The van der Waals surface area contributed by atoms with Crippen LogP contribution in [0.25, 0.3) is 5.70 Å². The minimum absolute atomic E-state index is 0.170. The van der Waals surface area contributed by atoms with E-state index in [1.54, 1.807) is 6.08 Å². The van der Waals surface area contributed by atoms with E-state index in [4.69, 9.17) is 4.74 Å². The highest BCUT2D eigenvalue weighted by Gasteiger charge is 2.10. The quantitative estimate of drug-likeness (QED) is 0.924. The van der Waals surface area contributed by atoms with E-state index in [9.17, 15) is 4.79 Å². The molecule has 2 aromatic rings. The number of rotatable bonds is 3. The van der Waals surface area contributed by atoms with Gasteiger partial charge in [0, 0.05) is 24.7 Å². The monoisotopic (exact) mass is 265 g/mol. The van der Waals surface area contributed by atoms with Crippen LogP contribution >= 0.6 is 0 Å². The molecule has 0 aromatic heterocycles. The smallest absolute Gasteiger partial charge is 0.159 e. The first-order valence-electron chi connectivity index (χ1n) is 6.63. The number of allylic oxidation sites excluding steroid dienone is 1. The topological polar surface area (TPSA) is 38.3 Å². The van der Waals surface area contributed by atoms with Gasteiger partial charge in [-0.1, -0.05) is 18.2 Å². The van der Waals surface area contributed by atoms with Gasteiger partial charge in [-0.3, -0.25) is 4.79 Å². The summed E-state index contributed by atoms with van der Waals surface area (Å²) in [6.45, 7) is 0.701. The van der Waals surface area contributed by atoms with Crippen LogP contribution in [0.3, 0.4) is 0 Å². The Labute approximate surface area is 117 Å². The Hall–Kier alpha value is -2.55. The lowest BCUT2D eigenvalue weighted by Crippen LogP contribution is -2.22. The van der Waals surface area contributed by atoms with Crippen molar-refractivity contribution in [1.82, 2.24) is 5.32 Å². The van der Waals surface area contributed by atoms with E-state index in [1.165, 1.54) is 0 Å². The molecule has 0 spiro atoms. The minimum Gasteiger partial charge on any atom is -0.457 e. The summed E-state index contributed by atoms with van der Waals surface area (Å²) in [7, 11) is 0. The van der Waals surface area contributed by atoms with Gasteiger partial charge in [-0.25, -0.2) is 0 Å². The lowest BCUT2D eigenvalue weighted by atomic mass is 10.1. The fourth-order valence-corrected chi connectivity index (χ4v) is 2.12. The maximum Gasteiger partial charge on any atom is 0.159 e. The highest BCUT2D eigenvalue weighted by atomic mass is 16.5. The van der Waals surface area contributed by atoms with E-state index in [1.807, 2.05) is 54.6 Å². The van der Waals surface area contributed by atoms with Crippen molar-refractivity contribution in [1.29, 1.82) is 0 Å². The molecule has 20 heavy (non-hydrogen) atoms. The SMILES string of the molecule is O=C1C=C(c2ccc(Oc3ccccc3)cc2)NCC1. The number of carbonyl (C=O) groups is 1. The number of nitrogens with one attached hydrogen (secondary N) is 1. The van der Waals surface area contributed by atoms with Crippen LogP contribution in [-0.4, -0.2) is 12.3 Å². The van der Waals surface area contributed by atoms with Gasteiger partial charge in [0.05, 0.1) is 0 Å². The molecule has 3 nitrogen and oxygen atoms in total. The van der Waals surface area contributed by atoms with Gasteiger partial charge in [-0.2, -0.15) is 0 Å². The highest BCUT2D eigenvalue weighted by Crippen LogP contribution is 2.23. The van der Waals surface area contributed by atoms with Crippen LogP contribution in [-0.2, 0) is 4.79 Å². The van der Waals surface area contributed by atoms with Crippen molar-refractivity contribution in [2.24, 2.45) is 0 Å². The number of ketones is 1. The Morgan fingerprint density at radius 3 is 2.30 bits per heavy atom. The summed E-state index contributed by atoms with van der Waals surface area (Å²) >= 11 is 0. The second-order valence-electron chi connectivity index (χ2n) is 4.64. The van der Waals surface area contributed by atoms with Crippen LogP contribution < -0.4 is 10.1 Å². The number of hydrogen-bond acceptors (Lipinski definition) is 3. The van der Waals surface area contributed by atoms with Gasteiger partial charge in [-0.05, 0) is 42.0 Å². The van der Waals surface area contributed by atoms with Crippen LogP contribution in [0.1, 0.15) is 12.0 Å². The largest absolute Gasteiger partial charge is 0.457 e. The molecule has 1 aliphatic rings. The highest BCUT2D eigenvalue weighted by molar-refractivity contribution is 5.98. The van der Waals surface area contributed by atoms with Crippen molar-refractivity contribution in [2.45, 2.75) is 6.42 Å². The molecular weight excluding hydrogens is 250 g/mol. The number of ether oxygens (including phenoxy) is 1. The fourth-order valence-electron chi connectivity index (χ4n) is 2.12. The zero-order valence-corrected chi connectivity index (χ0v) is 11.0. The molecule has 1 N–H and O–H groups in total. The molecule has 0 fully saturated rings. The van der Waals surface area contributed by atoms with Crippen LogP contribution in [0.15, 0.2) is 60.7 Å². The number of para-hydroxylation sites is 1. The fraction of sp³-hybridized carbons (Fsp3) is 0.118. The van der Waals surface area contributed by atoms with Crippen molar-refractivity contribution >= 4 is 11.5 Å². The van der Waals surface area contributed by atoms with Crippen molar-refractivity contribution < 1.29 is 9.53 Å². The van der Waals surface area contributed by atoms with Gasteiger partial charge in [0.15, 0.2) is 5.78 Å². The Morgan fingerprint density at radius 1 is 0.900 bits per heavy atom. The third kappa shape index (κ3) is 2.88. The van der Waals surface area contributed by atoms with Crippen LogP contribution in [0.4, 0.5) is 0 Å². The molecule has 0 atom stereocenters. The average molecular weight is 265 g/mol. The Kier molecular flexibility index (Phi) is 3.50. The first-order chi connectivity index (χ1) is 9.81. The molecule has 0 bridgehead atoms. The molecule has 100 valence electrons. The second kappa shape index (κ2) is 5.61. The van der Waals surface area contributed by atoms with Crippen LogP contribution in [0.5, 0.6) is 11.5 Å². The average Bonchev–Trinajstić information content (AvgIpc) is 2.49. The zero-order chi connectivity index (χ0) is 13.8. The molecule has 0 aliphatic carbocycles. The molecule has 2 aromatic carbocycles. The van der Waals surface area contributed by atoms with Gasteiger partial charge in [0.25, 0.3) is 0 Å². The summed E-state index contributed by atoms with van der Waals surface area (Å²) in [5, 5.41) is 3.23. The third-order valence-corrected chi connectivity index (χ3v) is 3.14. The summed E-state index contributed by atoms with van der Waals surface area (Å²) < 4.78 is 5.73. The Morgan fingerprint density at radius 2 is 1.60 bits per heavy atom. The minimum atomic E-state index is 0.170. The molecule has 0 saturated carbocycles. The summed E-state index contributed by atoms with van der Waals surface area (Å²) in [6, 6.07) is 17.4. The number of hydrogen-bond donors (Lipinski definition) is 1. The molecule has 0 radical (unpaired) electrons. The summed E-state index contributed by atoms with van der Waals surface area (Å²) in [6.07, 6.45) is 2.23. The first-order valence-corrected chi connectivity index (χ1v) is 6.63. The van der Waals surface area contributed by atoms with E-state index in [0.29, 0.717) is 13.0 Å². The zero-order valence-electron chi connectivity index (χ0n) is 11.0. The Balaban J connectivity index is 1.76. The lowest BCUT2D eigenvalue weighted by molar-refractivity contribution is -0.114. The molecule has 3 rings (SSSR count). The first kappa shape index (κ1) is 12.5. The molecular formula is C17H15NO2. The molecule has 1 aliphatic heterocycles. The number of carbonyl (C=O) groups excluding carboxylic acids is 1. The van der Waals surface area contributed by atoms with Crippen molar-refractivity contribution in [3.05, 3.63) is 66.2 Å². The van der Waals surface area contributed by atoms with Gasteiger partial charge in [0.2, 0.25) is 0 Å². The molecule has 1 heterocycles. The van der Waals surface area contributed by atoms with Crippen molar-refractivity contribution in [3.8, 4) is 11.5 Å². The van der Waals surface area contributed by atoms with Crippen molar-refractivity contribution in [3.63, 3.8) is 0 Å². The summed E-state index contributed by atoms with van der Waals surface area (Å²) in [4.78, 5) is 11.4. The third-order valence-electron chi connectivity index (χ3n) is 3.14. The van der Waals surface area contributed by atoms with E-state index in [2.05, 4.69) is 5.32 Å². The molecule has 0 amide bonds. The normalized spacial score (nSPS) is 14.4. The molecule has 0 unspecified atom stereocenters. The van der Waals surface area contributed by atoms with Gasteiger partial charge >= 0.3 is 0 Å². The Bertz CT molecular complexity index is 630. The van der Waals surface area contributed by atoms with Crippen LogP contribution in [0.2, 0.25) is 0 Å². The number of benzene rings is 2. The predicted molar refractivity (Wildman–Crippen MR) is 78.6 cm³/mol. The maximum absolute atomic E-state index is 11.4. The lowest BCUT2D eigenvalue weighted by Gasteiger charge is -2.15. The van der Waals surface area contributed by atoms with Gasteiger partial charge in [-0.15, -0.1) is 0 Å². The van der Waals surface area contributed by atoms with Crippen molar-refractivity contribution in [2.75, 3.05) is 6.54 Å². The predicted octanol–water partition coefficient (Wildman–Crippen LogP) is 3.38. The van der Waals surface area contributed by atoms with E-state index < -0.39 is 0 Å².